The van der Waals surface area contributed by atoms with Gasteiger partial charge in [0.1, 0.15) is 0 Å². The second kappa shape index (κ2) is 6.20. The predicted octanol–water partition coefficient (Wildman–Crippen LogP) is 2.33. The van der Waals surface area contributed by atoms with Gasteiger partial charge in [0, 0.05) is 28.9 Å². The highest BCUT2D eigenvalue weighted by atomic mass is 79.9. The number of benzene rings is 1. The van der Waals surface area contributed by atoms with Crippen molar-refractivity contribution in [2.24, 2.45) is 0 Å². The molecule has 1 aliphatic heterocycles. The number of nitrogens with two attached hydrogens (primary N) is 1. The van der Waals surface area contributed by atoms with Gasteiger partial charge in [-0.15, -0.1) is 0 Å². The SMILES string of the molecule is Nc1cc(C(=O)NCCC2CCCO2)ccc1Br. The average molecular weight is 313 g/mol. The van der Waals surface area contributed by atoms with Gasteiger partial charge in [-0.3, -0.25) is 4.79 Å². The Morgan fingerprint density at radius 1 is 1.56 bits per heavy atom. The van der Waals surface area contributed by atoms with E-state index in [0.717, 1.165) is 30.3 Å². The highest BCUT2D eigenvalue weighted by Gasteiger charge is 2.15. The van der Waals surface area contributed by atoms with Crippen LogP contribution in [0.2, 0.25) is 0 Å². The molecule has 1 unspecified atom stereocenters. The maximum Gasteiger partial charge on any atom is 0.251 e. The van der Waals surface area contributed by atoms with E-state index in [1.54, 1.807) is 18.2 Å². The Morgan fingerprint density at radius 3 is 3.06 bits per heavy atom. The lowest BCUT2D eigenvalue weighted by atomic mass is 10.1. The van der Waals surface area contributed by atoms with Crippen molar-refractivity contribution in [2.75, 3.05) is 18.9 Å². The minimum atomic E-state index is -0.0906. The van der Waals surface area contributed by atoms with E-state index in [1.807, 2.05) is 0 Å². The van der Waals surface area contributed by atoms with Crippen LogP contribution in [0.5, 0.6) is 0 Å². The average Bonchev–Trinajstić information content (AvgIpc) is 2.85. The molecule has 0 aromatic heterocycles. The van der Waals surface area contributed by atoms with E-state index in [1.165, 1.54) is 0 Å². The van der Waals surface area contributed by atoms with Gasteiger partial charge < -0.3 is 15.8 Å². The lowest BCUT2D eigenvalue weighted by molar-refractivity contribution is 0.0907. The van der Waals surface area contributed by atoms with E-state index in [4.69, 9.17) is 10.5 Å². The number of hydrogen-bond acceptors (Lipinski definition) is 3. The molecule has 98 valence electrons. The summed E-state index contributed by atoms with van der Waals surface area (Å²) in [7, 11) is 0. The fourth-order valence-corrected chi connectivity index (χ4v) is 2.25. The molecule has 1 atom stereocenters. The molecule has 1 heterocycles. The predicted molar refractivity (Wildman–Crippen MR) is 74.5 cm³/mol. The summed E-state index contributed by atoms with van der Waals surface area (Å²) in [6.45, 7) is 1.49. The zero-order valence-electron chi connectivity index (χ0n) is 10.1. The van der Waals surface area contributed by atoms with Crippen LogP contribution in [-0.2, 0) is 4.74 Å². The molecule has 18 heavy (non-hydrogen) atoms. The van der Waals surface area contributed by atoms with Crippen molar-refractivity contribution < 1.29 is 9.53 Å². The smallest absolute Gasteiger partial charge is 0.251 e. The van der Waals surface area contributed by atoms with Crippen LogP contribution in [0.1, 0.15) is 29.6 Å². The zero-order valence-corrected chi connectivity index (χ0v) is 11.7. The molecule has 0 radical (unpaired) electrons. The van der Waals surface area contributed by atoms with E-state index in [-0.39, 0.29) is 5.91 Å². The lowest BCUT2D eigenvalue weighted by Gasteiger charge is -2.10. The van der Waals surface area contributed by atoms with Crippen molar-refractivity contribution in [1.82, 2.24) is 5.32 Å². The van der Waals surface area contributed by atoms with Gasteiger partial charge in [-0.25, -0.2) is 0 Å². The summed E-state index contributed by atoms with van der Waals surface area (Å²) in [5.74, 6) is -0.0906. The highest BCUT2D eigenvalue weighted by molar-refractivity contribution is 9.10. The Morgan fingerprint density at radius 2 is 2.39 bits per heavy atom. The molecule has 1 amide bonds. The second-order valence-electron chi connectivity index (χ2n) is 4.42. The lowest BCUT2D eigenvalue weighted by Crippen LogP contribution is -2.27. The van der Waals surface area contributed by atoms with Gasteiger partial charge in [0.2, 0.25) is 0 Å². The minimum Gasteiger partial charge on any atom is -0.398 e. The third kappa shape index (κ3) is 3.46. The molecule has 1 aliphatic rings. The maximum absolute atomic E-state index is 11.9. The molecule has 0 bridgehead atoms. The first-order valence-electron chi connectivity index (χ1n) is 6.11. The molecule has 5 heteroatoms. The Bertz CT molecular complexity index is 431. The fraction of sp³-hybridized carbons (Fsp3) is 0.462. The largest absolute Gasteiger partial charge is 0.398 e. The Balaban J connectivity index is 1.81. The summed E-state index contributed by atoms with van der Waals surface area (Å²) in [5.41, 5.74) is 6.90. The van der Waals surface area contributed by atoms with E-state index in [0.29, 0.717) is 23.9 Å². The third-order valence-electron chi connectivity index (χ3n) is 3.03. The van der Waals surface area contributed by atoms with Crippen LogP contribution in [0.25, 0.3) is 0 Å². The summed E-state index contributed by atoms with van der Waals surface area (Å²) >= 11 is 3.30. The molecule has 0 saturated carbocycles. The van der Waals surface area contributed by atoms with Gasteiger partial charge in [0.05, 0.1) is 6.10 Å². The molecule has 1 aromatic rings. The molecule has 3 N–H and O–H groups in total. The fourth-order valence-electron chi connectivity index (χ4n) is 2.01. The first-order chi connectivity index (χ1) is 8.66. The Labute approximate surface area is 115 Å². The molecular formula is C13H17BrN2O2. The summed E-state index contributed by atoms with van der Waals surface area (Å²) in [6, 6.07) is 5.21. The summed E-state index contributed by atoms with van der Waals surface area (Å²) in [4.78, 5) is 11.9. The van der Waals surface area contributed by atoms with Crippen LogP contribution in [0.15, 0.2) is 22.7 Å². The number of hydrogen-bond donors (Lipinski definition) is 2. The maximum atomic E-state index is 11.9. The number of rotatable bonds is 4. The number of carbonyl (C=O) groups excluding carboxylic acids is 1. The van der Waals surface area contributed by atoms with Gasteiger partial charge in [0.15, 0.2) is 0 Å². The van der Waals surface area contributed by atoms with Crippen LogP contribution in [0.3, 0.4) is 0 Å². The van der Waals surface area contributed by atoms with E-state index < -0.39 is 0 Å². The number of nitrogens with one attached hydrogen (secondary N) is 1. The van der Waals surface area contributed by atoms with Crippen molar-refractivity contribution in [3.63, 3.8) is 0 Å². The monoisotopic (exact) mass is 312 g/mol. The number of anilines is 1. The Hall–Kier alpha value is -1.07. The number of ether oxygens (including phenoxy) is 1. The third-order valence-corrected chi connectivity index (χ3v) is 3.76. The van der Waals surface area contributed by atoms with Crippen molar-refractivity contribution in [1.29, 1.82) is 0 Å². The van der Waals surface area contributed by atoms with Crippen LogP contribution in [0.4, 0.5) is 5.69 Å². The molecule has 1 saturated heterocycles. The van der Waals surface area contributed by atoms with E-state index in [9.17, 15) is 4.79 Å². The molecular weight excluding hydrogens is 296 g/mol. The van der Waals surface area contributed by atoms with E-state index >= 15 is 0 Å². The van der Waals surface area contributed by atoms with Gasteiger partial charge in [-0.1, -0.05) is 0 Å². The van der Waals surface area contributed by atoms with Gasteiger partial charge in [-0.05, 0) is 53.4 Å². The quantitative estimate of drug-likeness (QED) is 0.839. The van der Waals surface area contributed by atoms with Crippen molar-refractivity contribution in [3.8, 4) is 0 Å². The number of halogens is 1. The first kappa shape index (κ1) is 13.4. The van der Waals surface area contributed by atoms with Crippen molar-refractivity contribution in [2.45, 2.75) is 25.4 Å². The van der Waals surface area contributed by atoms with Crippen LogP contribution in [-0.4, -0.2) is 25.2 Å². The zero-order chi connectivity index (χ0) is 13.0. The number of carbonyl (C=O) groups is 1. The van der Waals surface area contributed by atoms with Crippen LogP contribution in [0, 0.1) is 0 Å². The van der Waals surface area contributed by atoms with Crippen LogP contribution >= 0.6 is 15.9 Å². The summed E-state index contributed by atoms with van der Waals surface area (Å²) in [6.07, 6.45) is 3.40. The van der Waals surface area contributed by atoms with Gasteiger partial charge in [-0.2, -0.15) is 0 Å². The van der Waals surface area contributed by atoms with Gasteiger partial charge >= 0.3 is 0 Å². The summed E-state index contributed by atoms with van der Waals surface area (Å²) < 4.78 is 6.30. The number of nitrogen functional groups attached to an aromatic ring is 1. The summed E-state index contributed by atoms with van der Waals surface area (Å²) in [5, 5.41) is 2.88. The molecule has 1 fully saturated rings. The molecule has 2 rings (SSSR count). The standard InChI is InChI=1S/C13H17BrN2O2/c14-11-4-3-9(8-12(11)15)13(17)16-6-5-10-2-1-7-18-10/h3-4,8,10H,1-2,5-7,15H2,(H,16,17). The molecule has 0 aliphatic carbocycles. The first-order valence-corrected chi connectivity index (χ1v) is 6.91. The second-order valence-corrected chi connectivity index (χ2v) is 5.27. The van der Waals surface area contributed by atoms with Crippen molar-refractivity contribution >= 4 is 27.5 Å². The van der Waals surface area contributed by atoms with Gasteiger partial charge in [0.25, 0.3) is 5.91 Å². The normalized spacial score (nSPS) is 18.8. The van der Waals surface area contributed by atoms with Crippen molar-refractivity contribution in [3.05, 3.63) is 28.2 Å². The van der Waals surface area contributed by atoms with E-state index in [2.05, 4.69) is 21.2 Å². The highest BCUT2D eigenvalue weighted by Crippen LogP contribution is 2.20. The minimum absolute atomic E-state index is 0.0906. The number of amides is 1. The molecule has 4 nitrogen and oxygen atoms in total. The molecule has 0 spiro atoms. The topological polar surface area (TPSA) is 64.4 Å². The Kier molecular flexibility index (Phi) is 4.60. The molecule has 1 aromatic carbocycles. The van der Waals surface area contributed by atoms with Crippen LogP contribution < -0.4 is 11.1 Å².